The monoisotopic (exact) mass is 327 g/mol. The molecule has 0 spiro atoms. The molecule has 5 heteroatoms. The number of aromatic hydroxyl groups is 1. The molecule has 2 aromatic rings. The van der Waals surface area contributed by atoms with Crippen molar-refractivity contribution in [2.75, 3.05) is 19.6 Å². The molecule has 2 aliphatic heterocycles. The molecule has 0 aliphatic carbocycles. The van der Waals surface area contributed by atoms with Gasteiger partial charge in [0.25, 0.3) is 0 Å². The van der Waals surface area contributed by atoms with Crippen molar-refractivity contribution in [2.45, 2.75) is 45.2 Å². The second kappa shape index (κ2) is 6.48. The molecule has 1 saturated heterocycles. The minimum atomic E-state index is -0.0735. The molecule has 1 fully saturated rings. The fourth-order valence-corrected chi connectivity index (χ4v) is 4.04. The van der Waals surface area contributed by atoms with Crippen LogP contribution in [-0.2, 0) is 19.5 Å². The van der Waals surface area contributed by atoms with Crippen molar-refractivity contribution in [2.24, 2.45) is 0 Å². The van der Waals surface area contributed by atoms with Crippen molar-refractivity contribution < 1.29 is 5.11 Å². The molecule has 0 radical (unpaired) electrons. The third kappa shape index (κ3) is 2.77. The van der Waals surface area contributed by atoms with E-state index in [-0.39, 0.29) is 11.6 Å². The van der Waals surface area contributed by atoms with Crippen LogP contribution in [-0.4, -0.2) is 38.8 Å². The fraction of sp³-hybridized carbons (Fsp3) is 0.526. The standard InChI is InChI=1S/C19H25N3O2/c23-18-17-13-15-7-2-3-8-16(15)14-22(17)19(24)21(18)12-6-11-20-9-4-1-5-10-20/h2-3,7-8,23H,1,4-6,9-14H2. The highest BCUT2D eigenvalue weighted by Crippen LogP contribution is 2.27. The molecule has 0 amide bonds. The minimum Gasteiger partial charge on any atom is -0.493 e. The van der Waals surface area contributed by atoms with Gasteiger partial charge in [-0.15, -0.1) is 0 Å². The molecule has 1 aromatic heterocycles. The Morgan fingerprint density at radius 1 is 1.00 bits per heavy atom. The van der Waals surface area contributed by atoms with Crippen LogP contribution < -0.4 is 5.69 Å². The summed E-state index contributed by atoms with van der Waals surface area (Å²) in [5.74, 6) is 0.160. The zero-order valence-corrected chi connectivity index (χ0v) is 14.1. The molecular formula is C19H25N3O2. The highest BCUT2D eigenvalue weighted by molar-refractivity contribution is 5.38. The smallest absolute Gasteiger partial charge is 0.331 e. The molecule has 24 heavy (non-hydrogen) atoms. The maximum absolute atomic E-state index is 12.7. The number of rotatable bonds is 4. The average Bonchev–Trinajstić information content (AvgIpc) is 2.85. The van der Waals surface area contributed by atoms with Crippen LogP contribution in [0, 0.1) is 0 Å². The van der Waals surface area contributed by atoms with E-state index < -0.39 is 0 Å². The van der Waals surface area contributed by atoms with Gasteiger partial charge in [0, 0.05) is 13.0 Å². The van der Waals surface area contributed by atoms with Gasteiger partial charge < -0.3 is 10.0 Å². The van der Waals surface area contributed by atoms with E-state index in [1.807, 2.05) is 12.1 Å². The van der Waals surface area contributed by atoms with Crippen LogP contribution in [0.2, 0.25) is 0 Å². The molecule has 0 atom stereocenters. The summed E-state index contributed by atoms with van der Waals surface area (Å²) in [5, 5.41) is 10.5. The summed E-state index contributed by atoms with van der Waals surface area (Å²) in [7, 11) is 0. The van der Waals surface area contributed by atoms with Gasteiger partial charge in [0.15, 0.2) is 0 Å². The van der Waals surface area contributed by atoms with Gasteiger partial charge in [-0.25, -0.2) is 4.79 Å². The molecule has 1 N–H and O–H groups in total. The van der Waals surface area contributed by atoms with Gasteiger partial charge in [0.05, 0.1) is 12.2 Å². The third-order valence-electron chi connectivity index (χ3n) is 5.41. The molecule has 128 valence electrons. The quantitative estimate of drug-likeness (QED) is 0.799. The van der Waals surface area contributed by atoms with Crippen LogP contribution in [0.15, 0.2) is 29.1 Å². The number of hydrogen-bond donors (Lipinski definition) is 1. The minimum absolute atomic E-state index is 0.0735. The van der Waals surface area contributed by atoms with E-state index >= 15 is 0 Å². The Kier molecular flexibility index (Phi) is 4.19. The summed E-state index contributed by atoms with van der Waals surface area (Å²) in [6, 6.07) is 8.16. The lowest BCUT2D eigenvalue weighted by Gasteiger charge is -2.26. The lowest BCUT2D eigenvalue weighted by molar-refractivity contribution is 0.221. The van der Waals surface area contributed by atoms with Crippen LogP contribution in [0.1, 0.15) is 42.5 Å². The molecule has 4 rings (SSSR count). The van der Waals surface area contributed by atoms with Crippen LogP contribution in [0.3, 0.4) is 0 Å². The van der Waals surface area contributed by atoms with E-state index in [0.717, 1.165) is 18.7 Å². The first-order valence-corrected chi connectivity index (χ1v) is 9.04. The first-order chi connectivity index (χ1) is 11.7. The highest BCUT2D eigenvalue weighted by Gasteiger charge is 2.24. The van der Waals surface area contributed by atoms with Crippen molar-refractivity contribution in [1.29, 1.82) is 0 Å². The van der Waals surface area contributed by atoms with Gasteiger partial charge in [0.1, 0.15) is 0 Å². The summed E-state index contributed by atoms with van der Waals surface area (Å²) in [4.78, 5) is 15.1. The van der Waals surface area contributed by atoms with Crippen LogP contribution in [0.5, 0.6) is 5.88 Å². The first-order valence-electron chi connectivity index (χ1n) is 9.04. The Hall–Kier alpha value is -2.01. The topological polar surface area (TPSA) is 50.4 Å². The molecule has 2 aliphatic rings. The van der Waals surface area contributed by atoms with E-state index in [2.05, 4.69) is 17.0 Å². The van der Waals surface area contributed by atoms with Crippen molar-refractivity contribution in [3.63, 3.8) is 0 Å². The van der Waals surface area contributed by atoms with E-state index in [1.165, 1.54) is 43.5 Å². The second-order valence-corrected chi connectivity index (χ2v) is 6.99. The Balaban J connectivity index is 1.49. The highest BCUT2D eigenvalue weighted by atomic mass is 16.3. The number of likely N-dealkylation sites (tertiary alicyclic amines) is 1. The van der Waals surface area contributed by atoms with Gasteiger partial charge in [0.2, 0.25) is 5.88 Å². The lowest BCUT2D eigenvalue weighted by Crippen LogP contribution is -2.32. The third-order valence-corrected chi connectivity index (χ3v) is 5.41. The van der Waals surface area contributed by atoms with Crippen molar-refractivity contribution in [1.82, 2.24) is 14.0 Å². The van der Waals surface area contributed by atoms with Gasteiger partial charge in [-0.2, -0.15) is 0 Å². The molecule has 1 aromatic carbocycles. The van der Waals surface area contributed by atoms with Crippen molar-refractivity contribution in [3.8, 4) is 5.88 Å². The van der Waals surface area contributed by atoms with Crippen LogP contribution in [0.4, 0.5) is 0 Å². The number of aromatic nitrogens is 2. The molecule has 0 saturated carbocycles. The summed E-state index contributed by atoms with van der Waals surface area (Å²) < 4.78 is 3.30. The van der Waals surface area contributed by atoms with E-state index in [9.17, 15) is 9.90 Å². The molecule has 5 nitrogen and oxygen atoms in total. The zero-order chi connectivity index (χ0) is 16.5. The number of hydrogen-bond acceptors (Lipinski definition) is 3. The molecule has 3 heterocycles. The average molecular weight is 327 g/mol. The predicted octanol–water partition coefficient (Wildman–Crippen LogP) is 2.18. The zero-order valence-electron chi connectivity index (χ0n) is 14.1. The second-order valence-electron chi connectivity index (χ2n) is 6.99. The predicted molar refractivity (Wildman–Crippen MR) is 93.6 cm³/mol. The normalized spacial score (nSPS) is 17.5. The maximum Gasteiger partial charge on any atom is 0.331 e. The first kappa shape index (κ1) is 15.5. The summed E-state index contributed by atoms with van der Waals surface area (Å²) in [6.07, 6.45) is 5.44. The van der Waals surface area contributed by atoms with Crippen molar-refractivity contribution >= 4 is 0 Å². The van der Waals surface area contributed by atoms with Crippen molar-refractivity contribution in [3.05, 3.63) is 51.6 Å². The molecular weight excluding hydrogens is 302 g/mol. The Bertz CT molecular complexity index is 784. The van der Waals surface area contributed by atoms with E-state index in [1.54, 1.807) is 9.13 Å². The van der Waals surface area contributed by atoms with Gasteiger partial charge >= 0.3 is 5.69 Å². The summed E-state index contributed by atoms with van der Waals surface area (Å²) in [6.45, 7) is 4.51. The number of fused-ring (bicyclic) bond motifs is 2. The van der Waals surface area contributed by atoms with Crippen LogP contribution in [0.25, 0.3) is 0 Å². The molecule has 0 bridgehead atoms. The Morgan fingerprint density at radius 2 is 1.75 bits per heavy atom. The number of nitrogens with zero attached hydrogens (tertiary/aromatic N) is 3. The van der Waals surface area contributed by atoms with Gasteiger partial charge in [-0.1, -0.05) is 30.7 Å². The maximum atomic E-state index is 12.7. The van der Waals surface area contributed by atoms with E-state index in [0.29, 0.717) is 19.5 Å². The van der Waals surface area contributed by atoms with E-state index in [4.69, 9.17) is 0 Å². The number of imidazole rings is 1. The Labute approximate surface area is 142 Å². The van der Waals surface area contributed by atoms with Gasteiger partial charge in [-0.05, 0) is 50.0 Å². The SMILES string of the molecule is O=c1n(CCCN2CCCCC2)c(O)c2n1Cc1ccccc1C2. The number of piperidine rings is 1. The Morgan fingerprint density at radius 3 is 2.54 bits per heavy atom. The number of benzene rings is 1. The summed E-state index contributed by atoms with van der Waals surface area (Å²) in [5.41, 5.74) is 3.07. The fourth-order valence-electron chi connectivity index (χ4n) is 4.04. The molecule has 0 unspecified atom stereocenters. The summed E-state index contributed by atoms with van der Waals surface area (Å²) >= 11 is 0. The van der Waals surface area contributed by atoms with Crippen LogP contribution >= 0.6 is 0 Å². The largest absolute Gasteiger partial charge is 0.493 e. The lowest BCUT2D eigenvalue weighted by atomic mass is 9.99. The van der Waals surface area contributed by atoms with Gasteiger partial charge in [-0.3, -0.25) is 9.13 Å².